The van der Waals surface area contributed by atoms with E-state index in [-0.39, 0.29) is 5.82 Å². The Balaban J connectivity index is 1.97. The number of aliphatic hydroxyl groups excluding tert-OH is 1. The number of hydrogen-bond acceptors (Lipinski definition) is 2. The third-order valence-electron chi connectivity index (χ3n) is 3.77. The molecule has 0 fully saturated rings. The second-order valence-electron chi connectivity index (χ2n) is 5.21. The van der Waals surface area contributed by atoms with Crippen LogP contribution in [0.2, 0.25) is 0 Å². The van der Waals surface area contributed by atoms with Crippen molar-refractivity contribution in [2.24, 2.45) is 0 Å². The van der Waals surface area contributed by atoms with Crippen LogP contribution in [0.15, 0.2) is 54.7 Å². The van der Waals surface area contributed by atoms with Gasteiger partial charge in [-0.1, -0.05) is 24.3 Å². The third-order valence-corrected chi connectivity index (χ3v) is 3.77. The van der Waals surface area contributed by atoms with Crippen LogP contribution < -0.4 is 0 Å². The molecule has 2 aromatic carbocycles. The second kappa shape index (κ2) is 5.62. The minimum absolute atomic E-state index is 0.276. The Morgan fingerprint density at radius 1 is 1.14 bits per heavy atom. The minimum atomic E-state index is -0.682. The number of nitrogens with zero attached hydrogens (tertiary/aromatic N) is 1. The highest BCUT2D eigenvalue weighted by molar-refractivity contribution is 5.82. The molecule has 3 rings (SSSR count). The molecule has 0 bridgehead atoms. The van der Waals surface area contributed by atoms with E-state index in [4.69, 9.17) is 0 Å². The van der Waals surface area contributed by atoms with Crippen LogP contribution in [0.25, 0.3) is 10.9 Å². The molecule has 0 amide bonds. The fourth-order valence-corrected chi connectivity index (χ4v) is 2.59. The van der Waals surface area contributed by atoms with E-state index in [1.807, 2.05) is 37.3 Å². The molecule has 1 unspecified atom stereocenters. The fraction of sp³-hybridized carbons (Fsp3) is 0.167. The highest BCUT2D eigenvalue weighted by atomic mass is 19.1. The average molecular weight is 281 g/mol. The van der Waals surface area contributed by atoms with Gasteiger partial charge in [-0.3, -0.25) is 4.98 Å². The lowest BCUT2D eigenvalue weighted by Crippen LogP contribution is -2.04. The molecule has 1 N–H and O–H groups in total. The highest BCUT2D eigenvalue weighted by Gasteiger charge is 2.14. The Labute approximate surface area is 122 Å². The van der Waals surface area contributed by atoms with Crippen LogP contribution in [0.4, 0.5) is 4.39 Å². The highest BCUT2D eigenvalue weighted by Crippen LogP contribution is 2.26. The number of halogens is 1. The van der Waals surface area contributed by atoms with Crippen molar-refractivity contribution in [2.45, 2.75) is 19.4 Å². The van der Waals surface area contributed by atoms with Gasteiger partial charge < -0.3 is 5.11 Å². The maximum atomic E-state index is 13.4. The summed E-state index contributed by atoms with van der Waals surface area (Å²) in [5.74, 6) is -0.276. The first-order valence-electron chi connectivity index (χ1n) is 6.92. The smallest absolute Gasteiger partial charge is 0.123 e. The lowest BCUT2D eigenvalue weighted by atomic mass is 9.96. The van der Waals surface area contributed by atoms with Crippen molar-refractivity contribution < 1.29 is 9.50 Å². The van der Waals surface area contributed by atoms with Gasteiger partial charge in [-0.05, 0) is 47.9 Å². The van der Waals surface area contributed by atoms with Gasteiger partial charge in [-0.2, -0.15) is 0 Å². The third kappa shape index (κ3) is 2.78. The van der Waals surface area contributed by atoms with Crippen LogP contribution in [0.3, 0.4) is 0 Å². The summed E-state index contributed by atoms with van der Waals surface area (Å²) in [6.07, 6.45) is 1.40. The van der Waals surface area contributed by atoms with Gasteiger partial charge in [-0.25, -0.2) is 4.39 Å². The summed E-state index contributed by atoms with van der Waals surface area (Å²) in [5.41, 5.74) is 3.48. The molecule has 1 heterocycles. The second-order valence-corrected chi connectivity index (χ2v) is 5.21. The minimum Gasteiger partial charge on any atom is -0.388 e. The van der Waals surface area contributed by atoms with Gasteiger partial charge >= 0.3 is 0 Å². The van der Waals surface area contributed by atoms with E-state index >= 15 is 0 Å². The number of hydrogen-bond donors (Lipinski definition) is 1. The SMILES string of the molecule is Cc1ccc(F)cc1CC(O)c1ccnc2ccccc12. The predicted molar refractivity (Wildman–Crippen MR) is 81.5 cm³/mol. The first-order valence-corrected chi connectivity index (χ1v) is 6.92. The van der Waals surface area contributed by atoms with Crippen molar-refractivity contribution in [2.75, 3.05) is 0 Å². The molecule has 1 aromatic heterocycles. The summed E-state index contributed by atoms with van der Waals surface area (Å²) in [6, 6.07) is 14.2. The molecule has 0 spiro atoms. The van der Waals surface area contributed by atoms with E-state index in [9.17, 15) is 9.50 Å². The van der Waals surface area contributed by atoms with Crippen LogP contribution >= 0.6 is 0 Å². The monoisotopic (exact) mass is 281 g/mol. The van der Waals surface area contributed by atoms with E-state index in [1.54, 1.807) is 12.3 Å². The Morgan fingerprint density at radius 2 is 1.95 bits per heavy atom. The van der Waals surface area contributed by atoms with Gasteiger partial charge in [0.25, 0.3) is 0 Å². The zero-order valence-corrected chi connectivity index (χ0v) is 11.8. The van der Waals surface area contributed by atoms with Gasteiger partial charge in [0.15, 0.2) is 0 Å². The quantitative estimate of drug-likeness (QED) is 0.788. The van der Waals surface area contributed by atoms with Crippen molar-refractivity contribution in [3.63, 3.8) is 0 Å². The number of fused-ring (bicyclic) bond motifs is 1. The molecule has 2 nitrogen and oxygen atoms in total. The molecule has 21 heavy (non-hydrogen) atoms. The van der Waals surface area contributed by atoms with Crippen molar-refractivity contribution >= 4 is 10.9 Å². The van der Waals surface area contributed by atoms with Crippen LogP contribution in [-0.4, -0.2) is 10.1 Å². The first-order chi connectivity index (χ1) is 10.1. The van der Waals surface area contributed by atoms with Gasteiger partial charge in [0, 0.05) is 18.0 Å². The molecule has 106 valence electrons. The number of benzene rings is 2. The number of aliphatic hydroxyl groups is 1. The number of para-hydroxylation sites is 1. The first kappa shape index (κ1) is 13.7. The van der Waals surface area contributed by atoms with E-state index in [1.165, 1.54) is 12.1 Å². The van der Waals surface area contributed by atoms with E-state index in [0.29, 0.717) is 6.42 Å². The van der Waals surface area contributed by atoms with Gasteiger partial charge in [0.1, 0.15) is 5.82 Å². The largest absolute Gasteiger partial charge is 0.388 e. The van der Waals surface area contributed by atoms with Gasteiger partial charge in [-0.15, -0.1) is 0 Å². The Kier molecular flexibility index (Phi) is 3.67. The predicted octanol–water partition coefficient (Wildman–Crippen LogP) is 3.96. The molecule has 0 saturated carbocycles. The van der Waals surface area contributed by atoms with E-state index < -0.39 is 6.10 Å². The van der Waals surface area contributed by atoms with Crippen LogP contribution in [0.5, 0.6) is 0 Å². The van der Waals surface area contributed by atoms with Crippen molar-refractivity contribution in [3.05, 3.63) is 77.2 Å². The Hall–Kier alpha value is -2.26. The molecular weight excluding hydrogens is 265 g/mol. The molecule has 3 aromatic rings. The molecule has 0 aliphatic rings. The van der Waals surface area contributed by atoms with Crippen LogP contribution in [0, 0.1) is 12.7 Å². The van der Waals surface area contributed by atoms with Crippen molar-refractivity contribution in [3.8, 4) is 0 Å². The molecular formula is C18H16FNO. The standard InChI is InChI=1S/C18H16FNO/c1-12-6-7-14(19)10-13(12)11-18(21)16-8-9-20-17-5-3-2-4-15(16)17/h2-10,18,21H,11H2,1H3. The fourth-order valence-electron chi connectivity index (χ4n) is 2.59. The van der Waals surface area contributed by atoms with Crippen LogP contribution in [-0.2, 0) is 6.42 Å². The Morgan fingerprint density at radius 3 is 2.81 bits per heavy atom. The molecule has 0 radical (unpaired) electrons. The number of aromatic nitrogens is 1. The van der Waals surface area contributed by atoms with Gasteiger partial charge in [0.05, 0.1) is 11.6 Å². The molecule has 0 saturated heterocycles. The number of rotatable bonds is 3. The van der Waals surface area contributed by atoms with Crippen molar-refractivity contribution in [1.82, 2.24) is 4.98 Å². The molecule has 1 atom stereocenters. The number of pyridine rings is 1. The molecule has 0 aliphatic carbocycles. The summed E-state index contributed by atoms with van der Waals surface area (Å²) in [4.78, 5) is 4.29. The number of aryl methyl sites for hydroxylation is 1. The van der Waals surface area contributed by atoms with Crippen molar-refractivity contribution in [1.29, 1.82) is 0 Å². The summed E-state index contributed by atoms with van der Waals surface area (Å²) < 4.78 is 13.4. The summed E-state index contributed by atoms with van der Waals surface area (Å²) in [7, 11) is 0. The summed E-state index contributed by atoms with van der Waals surface area (Å²) >= 11 is 0. The zero-order chi connectivity index (χ0) is 14.8. The molecule has 3 heteroatoms. The summed E-state index contributed by atoms with van der Waals surface area (Å²) in [6.45, 7) is 1.92. The average Bonchev–Trinajstić information content (AvgIpc) is 2.50. The van der Waals surface area contributed by atoms with E-state index in [2.05, 4.69) is 4.98 Å². The van der Waals surface area contributed by atoms with Gasteiger partial charge in [0.2, 0.25) is 0 Å². The lowest BCUT2D eigenvalue weighted by molar-refractivity contribution is 0.179. The Bertz CT molecular complexity index is 780. The topological polar surface area (TPSA) is 33.1 Å². The normalized spacial score (nSPS) is 12.5. The van der Waals surface area contributed by atoms with Crippen LogP contribution in [0.1, 0.15) is 22.8 Å². The lowest BCUT2D eigenvalue weighted by Gasteiger charge is -2.15. The van der Waals surface area contributed by atoms with E-state index in [0.717, 1.165) is 27.6 Å². The zero-order valence-electron chi connectivity index (χ0n) is 11.8. The summed E-state index contributed by atoms with van der Waals surface area (Å²) in [5, 5.41) is 11.5. The maximum absolute atomic E-state index is 13.4. The maximum Gasteiger partial charge on any atom is 0.123 e. The molecule has 0 aliphatic heterocycles.